The third-order valence-electron chi connectivity index (χ3n) is 6.67. The van der Waals surface area contributed by atoms with E-state index < -0.39 is 5.97 Å². The Balaban J connectivity index is 1.81. The van der Waals surface area contributed by atoms with Crippen LogP contribution in [0.1, 0.15) is 31.1 Å². The first kappa shape index (κ1) is 30.3. The number of para-hydroxylation sites is 1. The van der Waals surface area contributed by atoms with Crippen LogP contribution in [0, 0.1) is 0 Å². The van der Waals surface area contributed by atoms with E-state index >= 15 is 0 Å². The van der Waals surface area contributed by atoms with E-state index in [1.165, 1.54) is 13.1 Å². The smallest absolute Gasteiger partial charge is 0.342 e. The number of nitrogens with one attached hydrogen (secondary N) is 2. The maximum Gasteiger partial charge on any atom is 0.342 e. The van der Waals surface area contributed by atoms with E-state index in [-0.39, 0.29) is 23.5 Å². The number of aromatic nitrogens is 3. The minimum absolute atomic E-state index is 0.198. The second-order valence-electron chi connectivity index (χ2n) is 10.7. The zero-order valence-electron chi connectivity index (χ0n) is 25.5. The number of benzene rings is 2. The number of amides is 1. The highest BCUT2D eigenvalue weighted by Gasteiger charge is 2.23. The molecule has 0 spiro atoms. The number of likely N-dealkylation sites (N-methyl/N-ethyl adjacent to an activating group) is 2. The third kappa shape index (κ3) is 6.80. The molecule has 1 amide bonds. The van der Waals surface area contributed by atoms with Crippen LogP contribution in [0.3, 0.4) is 0 Å². The molecule has 2 N–H and O–H groups in total. The summed E-state index contributed by atoms with van der Waals surface area (Å²) in [5.41, 5.74) is 4.44. The molecule has 222 valence electrons. The number of hydrogen-bond donors (Lipinski definition) is 2. The first-order valence-corrected chi connectivity index (χ1v) is 13.7. The molecule has 0 radical (unpaired) electrons. The molecule has 0 unspecified atom stereocenters. The zero-order valence-corrected chi connectivity index (χ0v) is 25.5. The van der Waals surface area contributed by atoms with E-state index in [0.717, 1.165) is 35.2 Å². The maximum atomic E-state index is 13.1. The number of ether oxygens (including phenoxy) is 2. The van der Waals surface area contributed by atoms with Crippen LogP contribution in [0.4, 0.5) is 23.0 Å². The molecule has 4 aromatic rings. The van der Waals surface area contributed by atoms with Crippen LogP contribution < -0.4 is 20.3 Å². The number of methoxy groups -OCH3 is 1. The van der Waals surface area contributed by atoms with Crippen LogP contribution in [-0.2, 0) is 16.6 Å². The lowest BCUT2D eigenvalue weighted by Gasteiger charge is -2.26. The number of anilines is 4. The van der Waals surface area contributed by atoms with Crippen molar-refractivity contribution in [1.29, 1.82) is 0 Å². The van der Waals surface area contributed by atoms with Crippen molar-refractivity contribution in [2.24, 2.45) is 7.05 Å². The van der Waals surface area contributed by atoms with Gasteiger partial charge in [-0.2, -0.15) is 0 Å². The van der Waals surface area contributed by atoms with Crippen LogP contribution in [-0.4, -0.2) is 78.8 Å². The Morgan fingerprint density at radius 2 is 1.81 bits per heavy atom. The fourth-order valence-electron chi connectivity index (χ4n) is 4.64. The molecule has 11 heteroatoms. The highest BCUT2D eigenvalue weighted by Crippen LogP contribution is 2.38. The van der Waals surface area contributed by atoms with E-state index in [4.69, 9.17) is 14.5 Å². The van der Waals surface area contributed by atoms with Gasteiger partial charge in [0.2, 0.25) is 11.9 Å². The van der Waals surface area contributed by atoms with Crippen molar-refractivity contribution in [3.8, 4) is 17.0 Å². The SMILES string of the molecule is COc1cc(N(C)CCN(C)C)c(NC(C)=O)cc1Nc1ncc(C(=O)OC(C)C)c(-c2cn(C)c3ccccc23)n1. The number of hydrogen-bond acceptors (Lipinski definition) is 9. The van der Waals surface area contributed by atoms with Gasteiger partial charge in [0.15, 0.2) is 0 Å². The monoisotopic (exact) mass is 573 g/mol. The molecular weight excluding hydrogens is 534 g/mol. The minimum Gasteiger partial charge on any atom is -0.494 e. The second-order valence-corrected chi connectivity index (χ2v) is 10.7. The number of carbonyl (C=O) groups excluding carboxylic acids is 2. The van der Waals surface area contributed by atoms with E-state index in [2.05, 4.69) is 25.4 Å². The molecule has 2 aromatic heterocycles. The molecule has 0 saturated carbocycles. The van der Waals surface area contributed by atoms with Gasteiger partial charge in [0.25, 0.3) is 0 Å². The number of carbonyl (C=O) groups is 2. The van der Waals surface area contributed by atoms with Crippen LogP contribution in [0.15, 0.2) is 48.8 Å². The maximum absolute atomic E-state index is 13.1. The number of rotatable bonds is 11. The van der Waals surface area contributed by atoms with Crippen LogP contribution in [0.25, 0.3) is 22.2 Å². The summed E-state index contributed by atoms with van der Waals surface area (Å²) in [5, 5.41) is 7.11. The van der Waals surface area contributed by atoms with Crippen molar-refractivity contribution in [3.05, 3.63) is 54.4 Å². The van der Waals surface area contributed by atoms with E-state index in [1.807, 2.05) is 69.3 Å². The van der Waals surface area contributed by atoms with Crippen molar-refractivity contribution in [2.45, 2.75) is 26.9 Å². The standard InChI is InChI=1S/C31H39N7O4/c1-19(2)42-30(40)22-17-32-31(35-29(22)23-18-38(7)26-12-10-9-11-21(23)26)34-25-15-24(33-20(3)39)27(16-28(25)41-8)37(6)14-13-36(4)5/h9-12,15-19H,13-14H2,1-8H3,(H,33,39)(H,32,34,35). The van der Waals surface area contributed by atoms with Crippen molar-refractivity contribution >= 4 is 45.8 Å². The average molecular weight is 574 g/mol. The fraction of sp³-hybridized carbons (Fsp3) is 0.355. The molecule has 0 atom stereocenters. The predicted octanol–water partition coefficient (Wildman–Crippen LogP) is 4.91. The molecule has 0 aliphatic heterocycles. The van der Waals surface area contributed by atoms with Gasteiger partial charge in [0.1, 0.15) is 11.3 Å². The van der Waals surface area contributed by atoms with Crippen LogP contribution in [0.5, 0.6) is 5.75 Å². The molecule has 0 bridgehead atoms. The second kappa shape index (κ2) is 12.9. The molecule has 2 heterocycles. The number of nitrogens with zero attached hydrogens (tertiary/aromatic N) is 5. The topological polar surface area (TPSA) is 114 Å². The number of aryl methyl sites for hydroxylation is 1. The van der Waals surface area contributed by atoms with Gasteiger partial charge in [0.05, 0.1) is 36.0 Å². The van der Waals surface area contributed by atoms with Gasteiger partial charge >= 0.3 is 5.97 Å². The average Bonchev–Trinajstić information content (AvgIpc) is 3.27. The largest absolute Gasteiger partial charge is 0.494 e. The van der Waals surface area contributed by atoms with E-state index in [9.17, 15) is 9.59 Å². The summed E-state index contributed by atoms with van der Waals surface area (Å²) in [6.45, 7) is 6.63. The molecule has 0 aliphatic carbocycles. The molecule has 4 rings (SSSR count). The Labute approximate surface area is 246 Å². The van der Waals surface area contributed by atoms with Gasteiger partial charge in [-0.1, -0.05) is 18.2 Å². The molecule has 42 heavy (non-hydrogen) atoms. The highest BCUT2D eigenvalue weighted by molar-refractivity contribution is 6.03. The highest BCUT2D eigenvalue weighted by atomic mass is 16.5. The van der Waals surface area contributed by atoms with Gasteiger partial charge < -0.3 is 34.5 Å². The minimum atomic E-state index is -0.505. The summed E-state index contributed by atoms with van der Waals surface area (Å²) in [6.07, 6.45) is 3.11. The summed E-state index contributed by atoms with van der Waals surface area (Å²) in [6, 6.07) is 11.6. The predicted molar refractivity (Wildman–Crippen MR) is 167 cm³/mol. The summed E-state index contributed by atoms with van der Waals surface area (Å²) in [5.74, 6) is 0.0836. The van der Waals surface area contributed by atoms with Crippen LogP contribution in [0.2, 0.25) is 0 Å². The molecule has 0 fully saturated rings. The van der Waals surface area contributed by atoms with Crippen molar-refractivity contribution in [3.63, 3.8) is 0 Å². The van der Waals surface area contributed by atoms with Gasteiger partial charge in [-0.05, 0) is 40.1 Å². The van der Waals surface area contributed by atoms with E-state index in [1.54, 1.807) is 27.0 Å². The summed E-state index contributed by atoms with van der Waals surface area (Å²) >= 11 is 0. The summed E-state index contributed by atoms with van der Waals surface area (Å²) < 4.78 is 13.2. The summed E-state index contributed by atoms with van der Waals surface area (Å²) in [4.78, 5) is 38.6. The van der Waals surface area contributed by atoms with Gasteiger partial charge in [-0.15, -0.1) is 0 Å². The lowest BCUT2D eigenvalue weighted by molar-refractivity contribution is -0.114. The Kier molecular flexibility index (Phi) is 9.31. The Morgan fingerprint density at radius 1 is 1.07 bits per heavy atom. The first-order valence-electron chi connectivity index (χ1n) is 13.7. The Bertz CT molecular complexity index is 1600. The van der Waals surface area contributed by atoms with Crippen molar-refractivity contribution < 1.29 is 19.1 Å². The molecular formula is C31H39N7O4. The number of fused-ring (bicyclic) bond motifs is 1. The third-order valence-corrected chi connectivity index (χ3v) is 6.67. The Hall–Kier alpha value is -4.64. The Morgan fingerprint density at radius 3 is 2.48 bits per heavy atom. The number of esters is 1. The van der Waals surface area contributed by atoms with Crippen molar-refractivity contribution in [1.82, 2.24) is 19.4 Å². The summed E-state index contributed by atoms with van der Waals surface area (Å²) in [7, 11) is 9.51. The fourth-order valence-corrected chi connectivity index (χ4v) is 4.64. The molecule has 2 aromatic carbocycles. The van der Waals surface area contributed by atoms with Crippen molar-refractivity contribution in [2.75, 3.05) is 56.9 Å². The van der Waals surface area contributed by atoms with Gasteiger partial charge in [0, 0.05) is 69.0 Å². The first-order chi connectivity index (χ1) is 20.0. The van der Waals surface area contributed by atoms with Gasteiger partial charge in [-0.3, -0.25) is 4.79 Å². The lowest BCUT2D eigenvalue weighted by atomic mass is 10.1. The van der Waals surface area contributed by atoms with Gasteiger partial charge in [-0.25, -0.2) is 14.8 Å². The molecule has 0 saturated heterocycles. The quantitative estimate of drug-likeness (QED) is 0.242. The zero-order chi connectivity index (χ0) is 30.6. The molecule has 11 nitrogen and oxygen atoms in total. The normalized spacial score (nSPS) is 11.2. The van der Waals surface area contributed by atoms with E-state index in [0.29, 0.717) is 22.8 Å². The lowest BCUT2D eigenvalue weighted by Crippen LogP contribution is -2.29. The molecule has 0 aliphatic rings. The van der Waals surface area contributed by atoms with Crippen LogP contribution >= 0.6 is 0 Å².